The zero-order valence-electron chi connectivity index (χ0n) is 11.2. The number of nitrogens with zero attached hydrogens (tertiary/aromatic N) is 1. The smallest absolute Gasteiger partial charge is 0.277 e. The number of rotatable bonds is 5. The summed E-state index contributed by atoms with van der Waals surface area (Å²) in [5.74, 6) is 0.186. The van der Waals surface area contributed by atoms with E-state index in [9.17, 15) is 4.79 Å². The molecule has 4 nitrogen and oxygen atoms in total. The Balaban J connectivity index is 1.88. The quantitative estimate of drug-likeness (QED) is 0.600. The molecule has 0 heterocycles. The summed E-state index contributed by atoms with van der Waals surface area (Å²) in [6, 6.07) is 12.4. The van der Waals surface area contributed by atoms with Crippen LogP contribution < -0.4 is 10.2 Å². The molecule has 0 aromatic heterocycles. The van der Waals surface area contributed by atoms with Gasteiger partial charge in [0.05, 0.1) is 20.7 Å². The molecule has 0 fully saturated rings. The highest BCUT2D eigenvalue weighted by atomic mass is 79.9. The van der Waals surface area contributed by atoms with Crippen molar-refractivity contribution in [1.82, 2.24) is 5.43 Å². The molecule has 114 valence electrons. The van der Waals surface area contributed by atoms with E-state index >= 15 is 0 Å². The molecule has 0 aliphatic rings. The van der Waals surface area contributed by atoms with Gasteiger partial charge < -0.3 is 4.74 Å². The van der Waals surface area contributed by atoms with E-state index in [1.807, 2.05) is 18.2 Å². The molecule has 0 saturated heterocycles. The Hall–Kier alpha value is -1.56. The van der Waals surface area contributed by atoms with Gasteiger partial charge in [0.1, 0.15) is 5.75 Å². The van der Waals surface area contributed by atoms with Crippen molar-refractivity contribution in [3.05, 3.63) is 62.5 Å². The minimum Gasteiger partial charge on any atom is -0.483 e. The van der Waals surface area contributed by atoms with E-state index in [0.717, 1.165) is 4.47 Å². The van der Waals surface area contributed by atoms with Crippen molar-refractivity contribution in [3.8, 4) is 5.75 Å². The summed E-state index contributed by atoms with van der Waals surface area (Å²) in [6.07, 6.45) is 1.39. The van der Waals surface area contributed by atoms with Crippen LogP contribution in [-0.2, 0) is 4.79 Å². The molecule has 2 aromatic rings. The van der Waals surface area contributed by atoms with Crippen LogP contribution in [0.15, 0.2) is 52.0 Å². The third kappa shape index (κ3) is 4.73. The monoisotopic (exact) mass is 400 g/mol. The summed E-state index contributed by atoms with van der Waals surface area (Å²) in [4.78, 5) is 11.7. The van der Waals surface area contributed by atoms with Crippen molar-refractivity contribution in [2.45, 2.75) is 0 Å². The molecule has 0 saturated carbocycles. The molecular weight excluding hydrogens is 391 g/mol. The summed E-state index contributed by atoms with van der Waals surface area (Å²) in [7, 11) is 0. The lowest BCUT2D eigenvalue weighted by atomic mass is 10.2. The normalized spacial score (nSPS) is 10.7. The molecule has 22 heavy (non-hydrogen) atoms. The van der Waals surface area contributed by atoms with E-state index in [-0.39, 0.29) is 6.61 Å². The second-order valence-electron chi connectivity index (χ2n) is 4.15. The lowest BCUT2D eigenvalue weighted by Crippen LogP contribution is -2.24. The SMILES string of the molecule is O=C(COc1ccccc1Br)N/N=C\c1c(Cl)cccc1Cl. The Bertz CT molecular complexity index is 687. The molecule has 2 aromatic carbocycles. The Kier molecular flexibility index (Phi) is 6.24. The Morgan fingerprint density at radius 1 is 1.18 bits per heavy atom. The van der Waals surface area contributed by atoms with Crippen molar-refractivity contribution >= 4 is 51.3 Å². The van der Waals surface area contributed by atoms with Crippen molar-refractivity contribution in [3.63, 3.8) is 0 Å². The summed E-state index contributed by atoms with van der Waals surface area (Å²) in [6.45, 7) is -0.157. The van der Waals surface area contributed by atoms with Crippen LogP contribution in [0.25, 0.3) is 0 Å². The van der Waals surface area contributed by atoms with E-state index < -0.39 is 5.91 Å². The number of nitrogens with one attached hydrogen (secondary N) is 1. The average molecular weight is 402 g/mol. The van der Waals surface area contributed by atoms with Gasteiger partial charge in [-0.15, -0.1) is 0 Å². The lowest BCUT2D eigenvalue weighted by Gasteiger charge is -2.06. The molecule has 1 amide bonds. The fourth-order valence-corrected chi connectivity index (χ4v) is 2.43. The molecule has 2 rings (SSSR count). The number of hydrazone groups is 1. The number of hydrogen-bond acceptors (Lipinski definition) is 3. The fourth-order valence-electron chi connectivity index (χ4n) is 1.54. The van der Waals surface area contributed by atoms with Crippen molar-refractivity contribution in [2.75, 3.05) is 6.61 Å². The van der Waals surface area contributed by atoms with Crippen LogP contribution in [-0.4, -0.2) is 18.7 Å². The van der Waals surface area contributed by atoms with Gasteiger partial charge in [-0.2, -0.15) is 5.10 Å². The molecule has 0 atom stereocenters. The first-order valence-corrected chi connectivity index (χ1v) is 7.76. The first-order valence-electron chi connectivity index (χ1n) is 6.21. The van der Waals surface area contributed by atoms with Gasteiger partial charge in [0.15, 0.2) is 6.61 Å². The number of para-hydroxylation sites is 1. The Morgan fingerprint density at radius 2 is 1.86 bits per heavy atom. The number of hydrogen-bond donors (Lipinski definition) is 1. The number of halogens is 3. The van der Waals surface area contributed by atoms with Crippen molar-refractivity contribution in [2.24, 2.45) is 5.10 Å². The van der Waals surface area contributed by atoms with Crippen molar-refractivity contribution < 1.29 is 9.53 Å². The van der Waals surface area contributed by atoms with Crippen LogP contribution in [0.5, 0.6) is 5.75 Å². The maximum Gasteiger partial charge on any atom is 0.277 e. The molecule has 0 aliphatic carbocycles. The van der Waals surface area contributed by atoms with Gasteiger partial charge in [-0.05, 0) is 40.2 Å². The highest BCUT2D eigenvalue weighted by Gasteiger charge is 2.05. The van der Waals surface area contributed by atoms with Gasteiger partial charge in [0.25, 0.3) is 5.91 Å². The van der Waals surface area contributed by atoms with E-state index in [4.69, 9.17) is 27.9 Å². The zero-order chi connectivity index (χ0) is 15.9. The first kappa shape index (κ1) is 16.8. The summed E-state index contributed by atoms with van der Waals surface area (Å²) in [5, 5.41) is 4.72. The van der Waals surface area contributed by atoms with Crippen LogP contribution in [0.1, 0.15) is 5.56 Å². The minimum atomic E-state index is -0.393. The molecule has 7 heteroatoms. The van der Waals surface area contributed by atoms with Crippen LogP contribution in [0, 0.1) is 0 Å². The van der Waals surface area contributed by atoms with E-state index in [0.29, 0.717) is 21.4 Å². The Morgan fingerprint density at radius 3 is 2.55 bits per heavy atom. The summed E-state index contributed by atoms with van der Waals surface area (Å²) >= 11 is 15.3. The third-order valence-electron chi connectivity index (χ3n) is 2.58. The van der Waals surface area contributed by atoms with Crippen LogP contribution in [0.2, 0.25) is 10.0 Å². The highest BCUT2D eigenvalue weighted by Crippen LogP contribution is 2.23. The van der Waals surface area contributed by atoms with Crippen molar-refractivity contribution in [1.29, 1.82) is 0 Å². The van der Waals surface area contributed by atoms with Crippen LogP contribution >= 0.6 is 39.1 Å². The zero-order valence-corrected chi connectivity index (χ0v) is 14.3. The van der Waals surface area contributed by atoms with Gasteiger partial charge in [-0.1, -0.05) is 41.4 Å². The van der Waals surface area contributed by atoms with E-state index in [1.54, 1.807) is 24.3 Å². The molecule has 0 unspecified atom stereocenters. The summed E-state index contributed by atoms with van der Waals surface area (Å²) in [5.41, 5.74) is 2.89. The maximum absolute atomic E-state index is 11.7. The predicted molar refractivity (Wildman–Crippen MR) is 91.8 cm³/mol. The second kappa shape index (κ2) is 8.17. The standard InChI is InChI=1S/C15H11BrCl2N2O2/c16-11-4-1-2-7-14(11)22-9-15(21)20-19-8-10-12(17)5-3-6-13(10)18/h1-8H,9H2,(H,20,21)/b19-8-. The predicted octanol–water partition coefficient (Wildman–Crippen LogP) is 4.29. The molecule has 1 N–H and O–H groups in total. The fraction of sp³-hybridized carbons (Fsp3) is 0.0667. The maximum atomic E-state index is 11.7. The highest BCUT2D eigenvalue weighted by molar-refractivity contribution is 9.10. The number of benzene rings is 2. The molecular formula is C15H11BrCl2N2O2. The number of amides is 1. The lowest BCUT2D eigenvalue weighted by molar-refractivity contribution is -0.123. The van der Waals surface area contributed by atoms with Gasteiger partial charge in [-0.25, -0.2) is 5.43 Å². The molecule has 0 spiro atoms. The minimum absolute atomic E-state index is 0.157. The van der Waals surface area contributed by atoms with Gasteiger partial charge in [0.2, 0.25) is 0 Å². The van der Waals surface area contributed by atoms with E-state index in [2.05, 4.69) is 26.5 Å². The van der Waals surface area contributed by atoms with Gasteiger partial charge in [0, 0.05) is 5.56 Å². The molecule has 0 bridgehead atoms. The Labute approximate surface area is 146 Å². The summed E-state index contributed by atoms with van der Waals surface area (Å²) < 4.78 is 6.14. The third-order valence-corrected chi connectivity index (χ3v) is 3.89. The van der Waals surface area contributed by atoms with Gasteiger partial charge >= 0.3 is 0 Å². The largest absolute Gasteiger partial charge is 0.483 e. The van der Waals surface area contributed by atoms with Crippen LogP contribution in [0.4, 0.5) is 0 Å². The number of ether oxygens (including phenoxy) is 1. The van der Waals surface area contributed by atoms with E-state index in [1.165, 1.54) is 6.21 Å². The topological polar surface area (TPSA) is 50.7 Å². The second-order valence-corrected chi connectivity index (χ2v) is 5.82. The van der Waals surface area contributed by atoms with Crippen LogP contribution in [0.3, 0.4) is 0 Å². The number of carbonyl (C=O) groups is 1. The molecule has 0 radical (unpaired) electrons. The number of carbonyl (C=O) groups excluding carboxylic acids is 1. The first-order chi connectivity index (χ1) is 10.6. The van der Waals surface area contributed by atoms with Gasteiger partial charge in [-0.3, -0.25) is 4.79 Å². The molecule has 0 aliphatic heterocycles. The average Bonchev–Trinajstić information content (AvgIpc) is 2.49.